The number of aromatic nitrogens is 2. The van der Waals surface area contributed by atoms with Crippen LogP contribution in [0.25, 0.3) is 0 Å². The second-order valence-corrected chi connectivity index (χ2v) is 5.18. The van der Waals surface area contributed by atoms with Crippen LogP contribution in [0.3, 0.4) is 0 Å². The molecule has 0 fully saturated rings. The molecular formula is C12H8BrClF3N3. The van der Waals surface area contributed by atoms with E-state index in [0.717, 1.165) is 10.0 Å². The number of benzene rings is 1. The predicted octanol–water partition coefficient (Wildman–Crippen LogP) is 4.52. The minimum Gasteiger partial charge on any atom is -0.366 e. The number of nitrogens with zero attached hydrogens (tertiary/aromatic N) is 2. The molecule has 106 valence electrons. The molecule has 0 radical (unpaired) electrons. The van der Waals surface area contributed by atoms with Gasteiger partial charge < -0.3 is 5.32 Å². The van der Waals surface area contributed by atoms with Crippen molar-refractivity contribution in [2.75, 3.05) is 5.32 Å². The fourth-order valence-corrected chi connectivity index (χ4v) is 2.10. The Labute approximate surface area is 126 Å². The first-order valence-corrected chi connectivity index (χ1v) is 6.62. The van der Waals surface area contributed by atoms with E-state index in [9.17, 15) is 13.2 Å². The first kappa shape index (κ1) is 15.1. The van der Waals surface area contributed by atoms with Gasteiger partial charge in [0.1, 0.15) is 11.0 Å². The molecule has 8 heteroatoms. The third-order valence-electron chi connectivity index (χ3n) is 2.31. The first-order chi connectivity index (χ1) is 9.34. The van der Waals surface area contributed by atoms with Gasteiger partial charge in [0.05, 0.1) is 0 Å². The molecule has 0 bridgehead atoms. The number of hydrogen-bond acceptors (Lipinski definition) is 3. The highest BCUT2D eigenvalue weighted by Crippen LogP contribution is 2.28. The highest BCUT2D eigenvalue weighted by atomic mass is 79.9. The molecule has 1 aromatic heterocycles. The number of alkyl halides is 3. The molecule has 0 spiro atoms. The lowest BCUT2D eigenvalue weighted by Crippen LogP contribution is -2.13. The second-order valence-electron chi connectivity index (χ2n) is 3.88. The summed E-state index contributed by atoms with van der Waals surface area (Å²) in [7, 11) is 0. The summed E-state index contributed by atoms with van der Waals surface area (Å²) in [6.07, 6.45) is -4.63. The molecular weight excluding hydrogens is 359 g/mol. The average molecular weight is 367 g/mol. The predicted molar refractivity (Wildman–Crippen MR) is 73.5 cm³/mol. The van der Waals surface area contributed by atoms with Crippen molar-refractivity contribution in [1.29, 1.82) is 0 Å². The van der Waals surface area contributed by atoms with Crippen LogP contribution >= 0.6 is 27.5 Å². The summed E-state index contributed by atoms with van der Waals surface area (Å²) in [6.45, 7) is 0.323. The van der Waals surface area contributed by atoms with Gasteiger partial charge in [0.25, 0.3) is 0 Å². The standard InChI is InChI=1S/C12H8BrClF3N3/c13-8-3-1-2-7(4-8)6-18-10-5-9(14)19-11(20-10)12(15,16)17/h1-5H,6H2,(H,18,19,20). The highest BCUT2D eigenvalue weighted by Gasteiger charge is 2.35. The van der Waals surface area contributed by atoms with Crippen LogP contribution in [0.5, 0.6) is 0 Å². The summed E-state index contributed by atoms with van der Waals surface area (Å²) in [5.74, 6) is -1.24. The Bertz CT molecular complexity index is 619. The summed E-state index contributed by atoms with van der Waals surface area (Å²) >= 11 is 8.88. The van der Waals surface area contributed by atoms with Gasteiger partial charge in [-0.2, -0.15) is 13.2 Å². The molecule has 2 rings (SSSR count). The molecule has 1 aromatic carbocycles. The van der Waals surface area contributed by atoms with Crippen LogP contribution in [0.2, 0.25) is 5.15 Å². The van der Waals surface area contributed by atoms with Gasteiger partial charge in [0, 0.05) is 17.1 Å². The molecule has 0 amide bonds. The van der Waals surface area contributed by atoms with Crippen molar-refractivity contribution in [3.63, 3.8) is 0 Å². The van der Waals surface area contributed by atoms with Gasteiger partial charge in [-0.15, -0.1) is 0 Å². The molecule has 0 atom stereocenters. The maximum Gasteiger partial charge on any atom is 0.451 e. The largest absolute Gasteiger partial charge is 0.451 e. The maximum absolute atomic E-state index is 12.5. The van der Waals surface area contributed by atoms with Gasteiger partial charge in [-0.25, -0.2) is 9.97 Å². The van der Waals surface area contributed by atoms with Crippen molar-refractivity contribution < 1.29 is 13.2 Å². The Morgan fingerprint density at radius 2 is 1.95 bits per heavy atom. The maximum atomic E-state index is 12.5. The highest BCUT2D eigenvalue weighted by molar-refractivity contribution is 9.10. The van der Waals surface area contributed by atoms with Crippen LogP contribution in [0.1, 0.15) is 11.4 Å². The van der Waals surface area contributed by atoms with Crippen molar-refractivity contribution >= 4 is 33.3 Å². The summed E-state index contributed by atoms with van der Waals surface area (Å²) < 4.78 is 38.5. The monoisotopic (exact) mass is 365 g/mol. The molecule has 0 aliphatic carbocycles. The van der Waals surface area contributed by atoms with Crippen LogP contribution in [-0.4, -0.2) is 9.97 Å². The van der Waals surface area contributed by atoms with E-state index < -0.39 is 12.0 Å². The first-order valence-electron chi connectivity index (χ1n) is 5.45. The van der Waals surface area contributed by atoms with Gasteiger partial charge in [0.2, 0.25) is 5.82 Å². The minimum atomic E-state index is -4.63. The third-order valence-corrected chi connectivity index (χ3v) is 3.00. The summed E-state index contributed by atoms with van der Waals surface area (Å²) in [6, 6.07) is 8.61. The summed E-state index contributed by atoms with van der Waals surface area (Å²) in [4.78, 5) is 6.55. The van der Waals surface area contributed by atoms with E-state index in [-0.39, 0.29) is 11.0 Å². The lowest BCUT2D eigenvalue weighted by atomic mass is 10.2. The molecule has 0 unspecified atom stereocenters. The van der Waals surface area contributed by atoms with E-state index in [2.05, 4.69) is 31.2 Å². The lowest BCUT2D eigenvalue weighted by molar-refractivity contribution is -0.144. The van der Waals surface area contributed by atoms with E-state index in [4.69, 9.17) is 11.6 Å². The number of anilines is 1. The fourth-order valence-electron chi connectivity index (χ4n) is 1.47. The Hall–Kier alpha value is -1.34. The average Bonchev–Trinajstić information content (AvgIpc) is 2.35. The fraction of sp³-hybridized carbons (Fsp3) is 0.167. The Balaban J connectivity index is 2.16. The molecule has 0 saturated carbocycles. The van der Waals surface area contributed by atoms with E-state index in [1.165, 1.54) is 6.07 Å². The summed E-state index contributed by atoms with van der Waals surface area (Å²) in [5, 5.41) is 2.52. The number of nitrogens with one attached hydrogen (secondary N) is 1. The smallest absolute Gasteiger partial charge is 0.366 e. The second kappa shape index (κ2) is 5.97. The molecule has 20 heavy (non-hydrogen) atoms. The zero-order valence-corrected chi connectivity index (χ0v) is 12.2. The van der Waals surface area contributed by atoms with E-state index in [1.807, 2.05) is 24.3 Å². The normalized spacial score (nSPS) is 11.4. The Morgan fingerprint density at radius 1 is 1.20 bits per heavy atom. The van der Waals surface area contributed by atoms with Crippen LogP contribution in [0.15, 0.2) is 34.8 Å². The van der Waals surface area contributed by atoms with Crippen molar-refractivity contribution in [2.24, 2.45) is 0 Å². The van der Waals surface area contributed by atoms with Crippen molar-refractivity contribution in [1.82, 2.24) is 9.97 Å². The van der Waals surface area contributed by atoms with Crippen molar-refractivity contribution in [3.8, 4) is 0 Å². The number of halogens is 5. The van der Waals surface area contributed by atoms with Crippen LogP contribution in [0, 0.1) is 0 Å². The Kier molecular flexibility index (Phi) is 4.49. The van der Waals surface area contributed by atoms with Crippen LogP contribution < -0.4 is 5.32 Å². The topological polar surface area (TPSA) is 37.8 Å². The van der Waals surface area contributed by atoms with Crippen LogP contribution in [0.4, 0.5) is 19.0 Å². The zero-order chi connectivity index (χ0) is 14.8. The number of rotatable bonds is 3. The van der Waals surface area contributed by atoms with Gasteiger partial charge >= 0.3 is 6.18 Å². The lowest BCUT2D eigenvalue weighted by Gasteiger charge is -2.10. The molecule has 0 saturated heterocycles. The molecule has 1 N–H and O–H groups in total. The summed E-state index contributed by atoms with van der Waals surface area (Å²) in [5.41, 5.74) is 0.891. The van der Waals surface area contributed by atoms with Crippen LogP contribution in [-0.2, 0) is 12.7 Å². The van der Waals surface area contributed by atoms with Gasteiger partial charge in [0.15, 0.2) is 0 Å². The third kappa shape index (κ3) is 4.08. The molecule has 0 aliphatic heterocycles. The molecule has 2 aromatic rings. The number of hydrogen-bond donors (Lipinski definition) is 1. The SMILES string of the molecule is FC(F)(F)c1nc(Cl)cc(NCc2cccc(Br)c2)n1. The minimum absolute atomic E-state index is 0.0253. The molecule has 1 heterocycles. The van der Waals surface area contributed by atoms with Crippen molar-refractivity contribution in [2.45, 2.75) is 12.7 Å². The molecule has 3 nitrogen and oxygen atoms in total. The van der Waals surface area contributed by atoms with E-state index in [0.29, 0.717) is 6.54 Å². The Morgan fingerprint density at radius 3 is 2.60 bits per heavy atom. The van der Waals surface area contributed by atoms with E-state index in [1.54, 1.807) is 0 Å². The zero-order valence-electron chi connectivity index (χ0n) is 9.88. The van der Waals surface area contributed by atoms with Gasteiger partial charge in [-0.3, -0.25) is 0 Å². The molecule has 0 aliphatic rings. The van der Waals surface area contributed by atoms with Gasteiger partial charge in [-0.1, -0.05) is 39.7 Å². The quantitative estimate of drug-likeness (QED) is 0.812. The van der Waals surface area contributed by atoms with E-state index >= 15 is 0 Å². The van der Waals surface area contributed by atoms with Gasteiger partial charge in [-0.05, 0) is 17.7 Å². The van der Waals surface area contributed by atoms with Crippen molar-refractivity contribution in [3.05, 3.63) is 51.3 Å².